The standard InChI is InChI=1S/C24H26N2O5/c1-17(27)19-4-6-20(7-5-19)25-9-11-26(12-10-25)23(28)8-3-18-15-21(29-2)24-22(16-18)30-13-14-31-24/h3-8,15-16H,9-14H2,1-2H3/b8-3+. The fraction of sp³-hybridized carbons (Fsp3) is 0.333. The second kappa shape index (κ2) is 9.12. The van der Waals surface area contributed by atoms with Gasteiger partial charge < -0.3 is 24.0 Å². The lowest BCUT2D eigenvalue weighted by Crippen LogP contribution is -2.48. The molecule has 0 N–H and O–H groups in total. The number of amides is 1. The molecule has 0 aromatic heterocycles. The van der Waals surface area contributed by atoms with Crippen LogP contribution in [-0.4, -0.2) is 63.1 Å². The van der Waals surface area contributed by atoms with Crippen molar-refractivity contribution in [2.24, 2.45) is 0 Å². The minimum absolute atomic E-state index is 0.0274. The van der Waals surface area contributed by atoms with E-state index in [9.17, 15) is 9.59 Å². The number of carbonyl (C=O) groups is 2. The molecule has 7 heteroatoms. The van der Waals surface area contributed by atoms with Gasteiger partial charge in [-0.05, 0) is 55.0 Å². The maximum Gasteiger partial charge on any atom is 0.246 e. The summed E-state index contributed by atoms with van der Waals surface area (Å²) in [5.74, 6) is 1.85. The number of fused-ring (bicyclic) bond motifs is 1. The van der Waals surface area contributed by atoms with Crippen molar-refractivity contribution in [3.8, 4) is 17.2 Å². The number of Topliss-reactive ketones (excluding diaryl/α,β-unsaturated/α-hetero) is 1. The van der Waals surface area contributed by atoms with Gasteiger partial charge >= 0.3 is 0 Å². The Labute approximate surface area is 181 Å². The lowest BCUT2D eigenvalue weighted by molar-refractivity contribution is -0.126. The second-order valence-corrected chi connectivity index (χ2v) is 7.50. The Morgan fingerprint density at radius 1 is 1.00 bits per heavy atom. The Hall–Kier alpha value is -3.48. The molecule has 7 nitrogen and oxygen atoms in total. The molecule has 2 aliphatic heterocycles. The van der Waals surface area contributed by atoms with E-state index in [1.54, 1.807) is 26.2 Å². The van der Waals surface area contributed by atoms with Gasteiger partial charge in [0.15, 0.2) is 17.3 Å². The second-order valence-electron chi connectivity index (χ2n) is 7.50. The number of benzene rings is 2. The number of ether oxygens (including phenoxy) is 3. The lowest BCUT2D eigenvalue weighted by Gasteiger charge is -2.35. The molecule has 1 saturated heterocycles. The topological polar surface area (TPSA) is 68.3 Å². The number of carbonyl (C=O) groups excluding carboxylic acids is 2. The number of anilines is 1. The van der Waals surface area contributed by atoms with Crippen LogP contribution in [0.25, 0.3) is 6.08 Å². The minimum Gasteiger partial charge on any atom is -0.493 e. The summed E-state index contributed by atoms with van der Waals surface area (Å²) in [5, 5.41) is 0. The van der Waals surface area contributed by atoms with Crippen LogP contribution in [0.15, 0.2) is 42.5 Å². The molecule has 0 unspecified atom stereocenters. The van der Waals surface area contributed by atoms with Gasteiger partial charge in [-0.25, -0.2) is 0 Å². The Morgan fingerprint density at radius 3 is 2.39 bits per heavy atom. The van der Waals surface area contributed by atoms with Crippen molar-refractivity contribution in [2.75, 3.05) is 51.4 Å². The zero-order chi connectivity index (χ0) is 21.8. The largest absolute Gasteiger partial charge is 0.493 e. The number of ketones is 1. The smallest absolute Gasteiger partial charge is 0.246 e. The first-order chi connectivity index (χ1) is 15.0. The summed E-state index contributed by atoms with van der Waals surface area (Å²) in [6, 6.07) is 11.3. The van der Waals surface area contributed by atoms with Crippen molar-refractivity contribution in [3.05, 3.63) is 53.6 Å². The highest BCUT2D eigenvalue weighted by Crippen LogP contribution is 2.40. The first-order valence-corrected chi connectivity index (χ1v) is 10.4. The molecule has 1 amide bonds. The molecule has 2 aromatic rings. The average Bonchev–Trinajstić information content (AvgIpc) is 2.82. The van der Waals surface area contributed by atoms with E-state index in [1.165, 1.54) is 0 Å². The highest BCUT2D eigenvalue weighted by Gasteiger charge is 2.21. The molecular weight excluding hydrogens is 396 g/mol. The maximum absolute atomic E-state index is 12.7. The van der Waals surface area contributed by atoms with Crippen LogP contribution in [0, 0.1) is 0 Å². The zero-order valence-corrected chi connectivity index (χ0v) is 17.8. The maximum atomic E-state index is 12.7. The van der Waals surface area contributed by atoms with Crippen LogP contribution in [0.2, 0.25) is 0 Å². The first kappa shape index (κ1) is 20.8. The van der Waals surface area contributed by atoms with E-state index in [2.05, 4.69) is 4.90 Å². The zero-order valence-electron chi connectivity index (χ0n) is 17.8. The number of rotatable bonds is 5. The molecule has 2 aromatic carbocycles. The van der Waals surface area contributed by atoms with Crippen molar-refractivity contribution < 1.29 is 23.8 Å². The predicted octanol–water partition coefficient (Wildman–Crippen LogP) is 3.03. The predicted molar refractivity (Wildman–Crippen MR) is 118 cm³/mol. The molecule has 0 saturated carbocycles. The first-order valence-electron chi connectivity index (χ1n) is 10.4. The van der Waals surface area contributed by atoms with Gasteiger partial charge in [0, 0.05) is 43.5 Å². The minimum atomic E-state index is -0.0274. The highest BCUT2D eigenvalue weighted by molar-refractivity contribution is 5.94. The molecule has 162 valence electrons. The van der Waals surface area contributed by atoms with Crippen LogP contribution >= 0.6 is 0 Å². The van der Waals surface area contributed by atoms with E-state index in [4.69, 9.17) is 14.2 Å². The number of nitrogens with zero attached hydrogens (tertiary/aromatic N) is 2. The Morgan fingerprint density at radius 2 is 1.71 bits per heavy atom. The van der Waals surface area contributed by atoms with E-state index in [-0.39, 0.29) is 11.7 Å². The Bertz CT molecular complexity index is 975. The molecule has 0 aliphatic carbocycles. The van der Waals surface area contributed by atoms with Crippen LogP contribution in [0.3, 0.4) is 0 Å². The number of methoxy groups -OCH3 is 1. The van der Waals surface area contributed by atoms with E-state index in [1.807, 2.05) is 41.3 Å². The van der Waals surface area contributed by atoms with Crippen molar-refractivity contribution in [1.82, 2.24) is 4.90 Å². The summed E-state index contributed by atoms with van der Waals surface area (Å²) in [7, 11) is 1.58. The van der Waals surface area contributed by atoms with Crippen LogP contribution in [-0.2, 0) is 4.79 Å². The molecule has 2 aliphatic rings. The van der Waals surface area contributed by atoms with Crippen LogP contribution in [0.4, 0.5) is 5.69 Å². The molecule has 4 rings (SSSR count). The van der Waals surface area contributed by atoms with E-state index < -0.39 is 0 Å². The van der Waals surface area contributed by atoms with Gasteiger partial charge in [0.25, 0.3) is 0 Å². The fourth-order valence-electron chi connectivity index (χ4n) is 3.75. The Kier molecular flexibility index (Phi) is 6.11. The summed E-state index contributed by atoms with van der Waals surface area (Å²) in [4.78, 5) is 28.2. The normalized spacial score (nSPS) is 15.8. The van der Waals surface area contributed by atoms with Gasteiger partial charge in [0.2, 0.25) is 11.7 Å². The third kappa shape index (κ3) is 4.66. The van der Waals surface area contributed by atoms with Crippen molar-refractivity contribution in [1.29, 1.82) is 0 Å². The Balaban J connectivity index is 1.37. The third-order valence-electron chi connectivity index (χ3n) is 5.50. The van der Waals surface area contributed by atoms with E-state index >= 15 is 0 Å². The summed E-state index contributed by atoms with van der Waals surface area (Å²) in [6.07, 6.45) is 3.36. The van der Waals surface area contributed by atoms with E-state index in [0.717, 1.165) is 24.3 Å². The molecule has 0 bridgehead atoms. The lowest BCUT2D eigenvalue weighted by atomic mass is 10.1. The number of piperazine rings is 1. The molecular formula is C24H26N2O5. The molecule has 0 radical (unpaired) electrons. The fourth-order valence-corrected chi connectivity index (χ4v) is 3.75. The van der Waals surface area contributed by atoms with Crippen LogP contribution < -0.4 is 19.1 Å². The summed E-state index contributed by atoms with van der Waals surface area (Å²) >= 11 is 0. The molecule has 0 spiro atoms. The summed E-state index contributed by atoms with van der Waals surface area (Å²) in [6.45, 7) is 5.32. The summed E-state index contributed by atoms with van der Waals surface area (Å²) < 4.78 is 16.7. The van der Waals surface area contributed by atoms with Gasteiger partial charge in [-0.2, -0.15) is 0 Å². The number of hydrogen-bond acceptors (Lipinski definition) is 6. The van der Waals surface area contributed by atoms with Gasteiger partial charge in [0.1, 0.15) is 13.2 Å². The van der Waals surface area contributed by atoms with Crippen LogP contribution in [0.5, 0.6) is 17.2 Å². The van der Waals surface area contributed by atoms with Crippen molar-refractivity contribution in [3.63, 3.8) is 0 Å². The van der Waals surface area contributed by atoms with Gasteiger partial charge in [0.05, 0.1) is 7.11 Å². The summed E-state index contributed by atoms with van der Waals surface area (Å²) in [5.41, 5.74) is 2.59. The molecule has 31 heavy (non-hydrogen) atoms. The van der Waals surface area contributed by atoms with Crippen molar-refractivity contribution >= 4 is 23.5 Å². The van der Waals surface area contributed by atoms with Crippen LogP contribution in [0.1, 0.15) is 22.8 Å². The van der Waals surface area contributed by atoms with Gasteiger partial charge in [-0.3, -0.25) is 9.59 Å². The number of hydrogen-bond donors (Lipinski definition) is 0. The quantitative estimate of drug-likeness (QED) is 0.545. The molecule has 0 atom stereocenters. The average molecular weight is 422 g/mol. The van der Waals surface area contributed by atoms with Gasteiger partial charge in [-0.1, -0.05) is 0 Å². The third-order valence-corrected chi connectivity index (χ3v) is 5.50. The van der Waals surface area contributed by atoms with E-state index in [0.29, 0.717) is 49.1 Å². The molecule has 1 fully saturated rings. The highest BCUT2D eigenvalue weighted by atomic mass is 16.6. The van der Waals surface area contributed by atoms with Gasteiger partial charge in [-0.15, -0.1) is 0 Å². The van der Waals surface area contributed by atoms with Crippen molar-refractivity contribution in [2.45, 2.75) is 6.92 Å². The monoisotopic (exact) mass is 422 g/mol. The molecule has 2 heterocycles. The SMILES string of the molecule is COc1cc(/C=C/C(=O)N2CCN(c3ccc(C(C)=O)cc3)CC2)cc2c1OCCO2.